The van der Waals surface area contributed by atoms with Crippen LogP contribution in [0.1, 0.15) is 27.9 Å². The number of Topliss-reactive ketones (excluding diaryl/α,β-unsaturated/α-hetero) is 1. The number of furan rings is 1. The number of aryl methyl sites for hydroxylation is 1. The van der Waals surface area contributed by atoms with E-state index in [-0.39, 0.29) is 24.5 Å². The molecule has 1 aromatic heterocycles. The first-order chi connectivity index (χ1) is 12.4. The average molecular weight is 376 g/mol. The van der Waals surface area contributed by atoms with Crippen LogP contribution < -0.4 is 0 Å². The average Bonchev–Trinajstić information content (AvgIpc) is 3.16. The molecule has 2 aromatic rings. The van der Waals surface area contributed by atoms with Crippen molar-refractivity contribution in [2.45, 2.75) is 13.0 Å². The van der Waals surface area contributed by atoms with Gasteiger partial charge in [0.25, 0.3) is 5.91 Å². The number of methoxy groups -OCH3 is 1. The highest BCUT2D eigenvalue weighted by molar-refractivity contribution is 6.30. The first-order valence-corrected chi connectivity index (χ1v) is 8.41. The smallest absolute Gasteiger partial charge is 0.290 e. The molecule has 1 aromatic carbocycles. The van der Waals surface area contributed by atoms with E-state index in [4.69, 9.17) is 20.8 Å². The number of hydrogen-bond acceptors (Lipinski definition) is 5. The maximum atomic E-state index is 12.9. The number of carbonyl (C=O) groups excluding carboxylic acids is 2. The quantitative estimate of drug-likeness (QED) is 0.782. The number of halogens is 1. The summed E-state index contributed by atoms with van der Waals surface area (Å²) in [6.07, 6.45) is 0. The van der Waals surface area contributed by atoms with Gasteiger partial charge in [-0.1, -0.05) is 23.7 Å². The molecule has 1 amide bonds. The molecular formula is C19H18ClNO5. The summed E-state index contributed by atoms with van der Waals surface area (Å²) in [5, 5.41) is 10.9. The van der Waals surface area contributed by atoms with Crippen molar-refractivity contribution in [1.82, 2.24) is 4.90 Å². The van der Waals surface area contributed by atoms with Crippen molar-refractivity contribution in [1.29, 1.82) is 0 Å². The molecule has 0 radical (unpaired) electrons. The number of nitrogens with zero attached hydrogens (tertiary/aromatic N) is 1. The van der Waals surface area contributed by atoms with E-state index in [0.29, 0.717) is 16.3 Å². The summed E-state index contributed by atoms with van der Waals surface area (Å²) in [6.45, 7) is 2.21. The maximum absolute atomic E-state index is 12.9. The third-order valence-corrected chi connectivity index (χ3v) is 4.49. The fourth-order valence-electron chi connectivity index (χ4n) is 2.99. The summed E-state index contributed by atoms with van der Waals surface area (Å²) >= 11 is 5.95. The second kappa shape index (κ2) is 7.35. The monoisotopic (exact) mass is 375 g/mol. The molecule has 0 spiro atoms. The van der Waals surface area contributed by atoms with Gasteiger partial charge in [0.15, 0.2) is 11.5 Å². The summed E-state index contributed by atoms with van der Waals surface area (Å²) in [4.78, 5) is 26.9. The number of aliphatic hydroxyl groups is 1. The van der Waals surface area contributed by atoms with Crippen LogP contribution >= 0.6 is 11.6 Å². The van der Waals surface area contributed by atoms with Crippen LogP contribution in [0.3, 0.4) is 0 Å². The number of hydrogen-bond donors (Lipinski definition) is 1. The van der Waals surface area contributed by atoms with Crippen LogP contribution in [0.2, 0.25) is 5.02 Å². The molecule has 6 nitrogen and oxygen atoms in total. The van der Waals surface area contributed by atoms with Crippen LogP contribution in [0, 0.1) is 6.92 Å². The molecule has 0 unspecified atom stereocenters. The fraction of sp³-hybridized carbons (Fsp3) is 0.263. The first-order valence-electron chi connectivity index (χ1n) is 8.03. The normalized spacial score (nSPS) is 17.3. The Kier molecular flexibility index (Phi) is 5.15. The number of ketones is 1. The van der Waals surface area contributed by atoms with Gasteiger partial charge in [-0.2, -0.15) is 0 Å². The van der Waals surface area contributed by atoms with Crippen LogP contribution in [0.15, 0.2) is 52.1 Å². The Morgan fingerprint density at radius 1 is 1.27 bits per heavy atom. The Balaban J connectivity index is 2.07. The number of rotatable bonds is 6. The Labute approximate surface area is 155 Å². The van der Waals surface area contributed by atoms with Crippen molar-refractivity contribution in [3.05, 3.63) is 69.8 Å². The van der Waals surface area contributed by atoms with Crippen LogP contribution in [-0.2, 0) is 9.53 Å². The zero-order chi connectivity index (χ0) is 18.8. The number of ether oxygens (including phenoxy) is 1. The predicted molar refractivity (Wildman–Crippen MR) is 95.2 cm³/mol. The minimum atomic E-state index is -0.743. The highest BCUT2D eigenvalue weighted by atomic mass is 35.5. The largest absolute Gasteiger partial charge is 0.503 e. The van der Waals surface area contributed by atoms with E-state index in [2.05, 4.69) is 0 Å². The second-order valence-electron chi connectivity index (χ2n) is 5.95. The third kappa shape index (κ3) is 3.25. The zero-order valence-electron chi connectivity index (χ0n) is 14.4. The molecule has 2 heterocycles. The summed E-state index contributed by atoms with van der Waals surface area (Å²) in [7, 11) is 1.52. The van der Waals surface area contributed by atoms with Gasteiger partial charge in [-0.25, -0.2) is 0 Å². The molecule has 1 N–H and O–H groups in total. The van der Waals surface area contributed by atoms with Crippen LogP contribution in [0.5, 0.6) is 0 Å². The minimum Gasteiger partial charge on any atom is -0.503 e. The lowest BCUT2D eigenvalue weighted by atomic mass is 9.95. The number of amides is 1. The molecule has 1 atom stereocenters. The zero-order valence-corrected chi connectivity index (χ0v) is 15.1. The van der Waals surface area contributed by atoms with Crippen molar-refractivity contribution in [2.75, 3.05) is 20.3 Å². The first kappa shape index (κ1) is 18.2. The van der Waals surface area contributed by atoms with Crippen molar-refractivity contribution < 1.29 is 23.8 Å². The standard InChI is InChI=1S/C19H18ClNO5/c1-11-3-8-14(26-11)17(22)15-16(12-4-6-13(20)7-5-12)21(9-10-25-2)19(24)18(15)23/h3-8,16,23H,9-10H2,1-2H3/t16-/m0/s1. The lowest BCUT2D eigenvalue weighted by Gasteiger charge is -2.26. The Bertz CT molecular complexity index is 868. The summed E-state index contributed by atoms with van der Waals surface area (Å²) in [5.41, 5.74) is 0.650. The molecule has 0 fully saturated rings. The molecule has 0 saturated heterocycles. The highest BCUT2D eigenvalue weighted by Crippen LogP contribution is 2.39. The molecule has 7 heteroatoms. The molecule has 0 bridgehead atoms. The van der Waals surface area contributed by atoms with E-state index < -0.39 is 23.5 Å². The Morgan fingerprint density at radius 3 is 2.54 bits per heavy atom. The number of aliphatic hydroxyl groups excluding tert-OH is 1. The third-order valence-electron chi connectivity index (χ3n) is 4.23. The van der Waals surface area contributed by atoms with E-state index in [1.165, 1.54) is 18.1 Å². The maximum Gasteiger partial charge on any atom is 0.290 e. The molecule has 3 rings (SSSR count). The van der Waals surface area contributed by atoms with Gasteiger partial charge in [0.1, 0.15) is 5.76 Å². The Morgan fingerprint density at radius 2 is 1.96 bits per heavy atom. The number of carbonyl (C=O) groups is 2. The summed E-state index contributed by atoms with van der Waals surface area (Å²) < 4.78 is 10.4. The second-order valence-corrected chi connectivity index (χ2v) is 6.38. The predicted octanol–water partition coefficient (Wildman–Crippen LogP) is 3.47. The summed E-state index contributed by atoms with van der Waals surface area (Å²) in [5.74, 6) is -1.07. The van der Waals surface area contributed by atoms with Crippen molar-refractivity contribution >= 4 is 23.3 Å². The van der Waals surface area contributed by atoms with E-state index in [9.17, 15) is 14.7 Å². The van der Waals surface area contributed by atoms with Gasteiger partial charge < -0.3 is 19.2 Å². The van der Waals surface area contributed by atoms with E-state index in [0.717, 1.165) is 0 Å². The number of benzene rings is 1. The van der Waals surface area contributed by atoms with Gasteiger partial charge in [-0.15, -0.1) is 0 Å². The summed E-state index contributed by atoms with van der Waals surface area (Å²) in [6, 6.07) is 9.22. The molecule has 0 aliphatic carbocycles. The van der Waals surface area contributed by atoms with Gasteiger partial charge >= 0.3 is 0 Å². The SMILES string of the molecule is COCCN1C(=O)C(O)=C(C(=O)c2ccc(C)o2)[C@@H]1c1ccc(Cl)cc1. The molecule has 1 aliphatic rings. The topological polar surface area (TPSA) is 80.0 Å². The van der Waals surface area contributed by atoms with Crippen molar-refractivity contribution in [2.24, 2.45) is 0 Å². The van der Waals surface area contributed by atoms with Crippen LogP contribution in [0.25, 0.3) is 0 Å². The van der Waals surface area contributed by atoms with E-state index in [1.54, 1.807) is 37.3 Å². The highest BCUT2D eigenvalue weighted by Gasteiger charge is 2.44. The fourth-order valence-corrected chi connectivity index (χ4v) is 3.11. The van der Waals surface area contributed by atoms with Crippen molar-refractivity contribution in [3.63, 3.8) is 0 Å². The van der Waals surface area contributed by atoms with Crippen molar-refractivity contribution in [3.8, 4) is 0 Å². The molecular weight excluding hydrogens is 358 g/mol. The Hall–Kier alpha value is -2.57. The van der Waals surface area contributed by atoms with Crippen LogP contribution in [-0.4, -0.2) is 42.0 Å². The lowest BCUT2D eigenvalue weighted by molar-refractivity contribution is -0.130. The van der Waals surface area contributed by atoms with Crippen LogP contribution in [0.4, 0.5) is 0 Å². The molecule has 136 valence electrons. The van der Waals surface area contributed by atoms with Gasteiger partial charge in [0.05, 0.1) is 18.2 Å². The lowest BCUT2D eigenvalue weighted by Crippen LogP contribution is -2.33. The van der Waals surface area contributed by atoms with Gasteiger partial charge in [0, 0.05) is 18.7 Å². The van der Waals surface area contributed by atoms with E-state index >= 15 is 0 Å². The van der Waals surface area contributed by atoms with Gasteiger partial charge in [-0.3, -0.25) is 9.59 Å². The molecule has 0 saturated carbocycles. The molecule has 26 heavy (non-hydrogen) atoms. The van der Waals surface area contributed by atoms with Gasteiger partial charge in [0.2, 0.25) is 5.78 Å². The minimum absolute atomic E-state index is 0.0113. The van der Waals surface area contributed by atoms with E-state index in [1.807, 2.05) is 0 Å². The molecule has 1 aliphatic heterocycles. The van der Waals surface area contributed by atoms with Gasteiger partial charge in [-0.05, 0) is 36.8 Å².